The molecule has 3 nitrogen and oxygen atoms in total. The van der Waals surface area contributed by atoms with Crippen molar-refractivity contribution in [3.8, 4) is 0 Å². The molecule has 0 aromatic heterocycles. The maximum Gasteiger partial charge on any atom is 0.308 e. The van der Waals surface area contributed by atoms with Crippen LogP contribution in [0.4, 0.5) is 0 Å². The number of hydrogen-bond donors (Lipinski definition) is 0. The molecule has 1 saturated carbocycles. The molecule has 0 radical (unpaired) electrons. The molecule has 3 heteroatoms. The van der Waals surface area contributed by atoms with Gasteiger partial charge in [-0.1, -0.05) is 6.42 Å². The predicted molar refractivity (Wildman–Crippen MR) is 44.8 cm³/mol. The number of carbonyl (C=O) groups is 1. The van der Waals surface area contributed by atoms with E-state index in [2.05, 4.69) is 4.74 Å². The zero-order valence-electron chi connectivity index (χ0n) is 7.71. The molecule has 0 aromatic carbocycles. The summed E-state index contributed by atoms with van der Waals surface area (Å²) in [6, 6.07) is 0. The highest BCUT2D eigenvalue weighted by atomic mass is 16.5. The average molecular weight is 172 g/mol. The van der Waals surface area contributed by atoms with Gasteiger partial charge in [-0.3, -0.25) is 4.79 Å². The van der Waals surface area contributed by atoms with Gasteiger partial charge in [0.2, 0.25) is 0 Å². The van der Waals surface area contributed by atoms with Crippen molar-refractivity contribution in [3.05, 3.63) is 0 Å². The minimum Gasteiger partial charge on any atom is -0.469 e. The van der Waals surface area contributed by atoms with Crippen LogP contribution >= 0.6 is 0 Å². The summed E-state index contributed by atoms with van der Waals surface area (Å²) in [6.07, 6.45) is 4.17. The number of rotatable bonds is 2. The van der Waals surface area contributed by atoms with Crippen molar-refractivity contribution < 1.29 is 14.3 Å². The molecular weight excluding hydrogens is 156 g/mol. The smallest absolute Gasteiger partial charge is 0.308 e. The Morgan fingerprint density at radius 3 is 2.67 bits per heavy atom. The van der Waals surface area contributed by atoms with Gasteiger partial charge in [0.15, 0.2) is 0 Å². The summed E-state index contributed by atoms with van der Waals surface area (Å²) >= 11 is 0. The van der Waals surface area contributed by atoms with Crippen LogP contribution in [0, 0.1) is 5.92 Å². The Balaban J connectivity index is 2.40. The Hall–Kier alpha value is -0.570. The van der Waals surface area contributed by atoms with E-state index >= 15 is 0 Å². The molecule has 0 spiro atoms. The van der Waals surface area contributed by atoms with E-state index < -0.39 is 0 Å². The normalized spacial score (nSPS) is 29.8. The van der Waals surface area contributed by atoms with Gasteiger partial charge in [-0.25, -0.2) is 0 Å². The molecule has 0 saturated heterocycles. The highest BCUT2D eigenvalue weighted by Gasteiger charge is 2.27. The highest BCUT2D eigenvalue weighted by Crippen LogP contribution is 2.26. The van der Waals surface area contributed by atoms with Gasteiger partial charge in [-0.15, -0.1) is 0 Å². The van der Waals surface area contributed by atoms with Crippen LogP contribution in [0.3, 0.4) is 0 Å². The Morgan fingerprint density at radius 1 is 1.33 bits per heavy atom. The maximum atomic E-state index is 11.2. The fourth-order valence-corrected chi connectivity index (χ4v) is 1.74. The van der Waals surface area contributed by atoms with E-state index in [1.165, 1.54) is 7.11 Å². The van der Waals surface area contributed by atoms with E-state index in [0.29, 0.717) is 0 Å². The molecule has 0 aliphatic heterocycles. The van der Waals surface area contributed by atoms with Gasteiger partial charge >= 0.3 is 5.97 Å². The molecule has 0 aromatic rings. The Labute approximate surface area is 73.0 Å². The van der Waals surface area contributed by atoms with E-state index in [9.17, 15) is 4.79 Å². The second kappa shape index (κ2) is 4.45. The maximum absolute atomic E-state index is 11.2. The third-order valence-corrected chi connectivity index (χ3v) is 2.49. The van der Waals surface area contributed by atoms with Crippen molar-refractivity contribution in [2.45, 2.75) is 31.8 Å². The van der Waals surface area contributed by atoms with Crippen molar-refractivity contribution in [1.29, 1.82) is 0 Å². The van der Waals surface area contributed by atoms with E-state index in [1.807, 2.05) is 0 Å². The van der Waals surface area contributed by atoms with Crippen LogP contribution in [0.2, 0.25) is 0 Å². The number of carbonyl (C=O) groups excluding carboxylic acids is 1. The summed E-state index contributed by atoms with van der Waals surface area (Å²) in [5.41, 5.74) is 0. The molecule has 1 aliphatic carbocycles. The van der Waals surface area contributed by atoms with E-state index in [1.54, 1.807) is 7.11 Å². The monoisotopic (exact) mass is 172 g/mol. The van der Waals surface area contributed by atoms with E-state index in [4.69, 9.17) is 4.74 Å². The summed E-state index contributed by atoms with van der Waals surface area (Å²) in [7, 11) is 3.14. The summed E-state index contributed by atoms with van der Waals surface area (Å²) in [5.74, 6) is -0.0227. The van der Waals surface area contributed by atoms with Crippen molar-refractivity contribution in [3.63, 3.8) is 0 Å². The van der Waals surface area contributed by atoms with Gasteiger partial charge in [0.1, 0.15) is 0 Å². The molecule has 70 valence electrons. The lowest BCUT2D eigenvalue weighted by atomic mass is 9.87. The zero-order valence-corrected chi connectivity index (χ0v) is 7.71. The quantitative estimate of drug-likeness (QED) is 0.590. The van der Waals surface area contributed by atoms with Crippen molar-refractivity contribution in [2.24, 2.45) is 5.92 Å². The first-order chi connectivity index (χ1) is 5.77. The molecule has 1 fully saturated rings. The van der Waals surface area contributed by atoms with Crippen LogP contribution in [-0.2, 0) is 14.3 Å². The minimum absolute atomic E-state index is 0.0636. The van der Waals surface area contributed by atoms with Crippen LogP contribution in [0.25, 0.3) is 0 Å². The Morgan fingerprint density at radius 2 is 2.08 bits per heavy atom. The van der Waals surface area contributed by atoms with Crippen LogP contribution in [0.5, 0.6) is 0 Å². The number of esters is 1. The third kappa shape index (κ3) is 2.21. The molecule has 0 heterocycles. The van der Waals surface area contributed by atoms with Crippen LogP contribution < -0.4 is 0 Å². The average Bonchev–Trinajstić information content (AvgIpc) is 2.17. The standard InChI is InChI=1S/C9H16O3/c1-11-8-5-3-4-7(6-8)9(10)12-2/h7-8H,3-6H2,1-2H3. The lowest BCUT2D eigenvalue weighted by molar-refractivity contribution is -0.148. The summed E-state index contributed by atoms with van der Waals surface area (Å²) in [4.78, 5) is 11.2. The molecular formula is C9H16O3. The lowest BCUT2D eigenvalue weighted by Crippen LogP contribution is -2.27. The first-order valence-corrected chi connectivity index (χ1v) is 4.38. The van der Waals surface area contributed by atoms with E-state index in [0.717, 1.165) is 25.7 Å². The van der Waals surface area contributed by atoms with Crippen molar-refractivity contribution in [1.82, 2.24) is 0 Å². The molecule has 2 atom stereocenters. The van der Waals surface area contributed by atoms with Crippen LogP contribution in [0.1, 0.15) is 25.7 Å². The zero-order chi connectivity index (χ0) is 8.97. The number of hydrogen-bond acceptors (Lipinski definition) is 3. The molecule has 1 aliphatic rings. The van der Waals surface area contributed by atoms with E-state index in [-0.39, 0.29) is 18.0 Å². The summed E-state index contributed by atoms with van der Waals surface area (Å²) in [5, 5.41) is 0. The van der Waals surface area contributed by atoms with Gasteiger partial charge in [-0.2, -0.15) is 0 Å². The summed E-state index contributed by atoms with van der Waals surface area (Å²) < 4.78 is 9.90. The molecule has 0 amide bonds. The largest absolute Gasteiger partial charge is 0.469 e. The van der Waals surface area contributed by atoms with Crippen molar-refractivity contribution in [2.75, 3.05) is 14.2 Å². The minimum atomic E-state index is -0.0863. The second-order valence-corrected chi connectivity index (χ2v) is 3.24. The lowest BCUT2D eigenvalue weighted by Gasteiger charge is -2.26. The highest BCUT2D eigenvalue weighted by molar-refractivity contribution is 5.72. The first kappa shape index (κ1) is 9.52. The van der Waals surface area contributed by atoms with Gasteiger partial charge in [-0.05, 0) is 19.3 Å². The summed E-state index contributed by atoms with van der Waals surface area (Å²) in [6.45, 7) is 0. The number of ether oxygens (including phenoxy) is 2. The first-order valence-electron chi connectivity index (χ1n) is 4.38. The van der Waals surface area contributed by atoms with Crippen molar-refractivity contribution >= 4 is 5.97 Å². The SMILES string of the molecule is COC(=O)C1CCCC(OC)C1. The van der Waals surface area contributed by atoms with Gasteiger partial charge in [0.05, 0.1) is 19.1 Å². The topological polar surface area (TPSA) is 35.5 Å². The third-order valence-electron chi connectivity index (χ3n) is 2.49. The van der Waals surface area contributed by atoms with Gasteiger partial charge < -0.3 is 9.47 Å². The molecule has 12 heavy (non-hydrogen) atoms. The van der Waals surface area contributed by atoms with Gasteiger partial charge in [0, 0.05) is 7.11 Å². The molecule has 1 rings (SSSR count). The van der Waals surface area contributed by atoms with Gasteiger partial charge in [0.25, 0.3) is 0 Å². The molecule has 0 N–H and O–H groups in total. The predicted octanol–water partition coefficient (Wildman–Crippen LogP) is 1.36. The fourth-order valence-electron chi connectivity index (χ4n) is 1.74. The second-order valence-electron chi connectivity index (χ2n) is 3.24. The molecule has 0 bridgehead atoms. The Bertz CT molecular complexity index is 156. The fraction of sp³-hybridized carbons (Fsp3) is 0.889. The van der Waals surface area contributed by atoms with Crippen LogP contribution in [0.15, 0.2) is 0 Å². The Kier molecular flexibility index (Phi) is 3.53. The molecule has 2 unspecified atom stereocenters. The van der Waals surface area contributed by atoms with Crippen LogP contribution in [-0.4, -0.2) is 26.3 Å². The number of methoxy groups -OCH3 is 2.